The molecule has 94 valence electrons. The number of aromatic amines is 1. The molecule has 1 amide bonds. The van der Waals surface area contributed by atoms with Crippen LogP contribution in [0.4, 0.5) is 0 Å². The summed E-state index contributed by atoms with van der Waals surface area (Å²) in [4.78, 5) is 29.5. The maximum atomic E-state index is 11.7. The Morgan fingerprint density at radius 2 is 2.33 bits per heavy atom. The molecule has 18 heavy (non-hydrogen) atoms. The van der Waals surface area contributed by atoms with Crippen LogP contribution in [0.15, 0.2) is 28.5 Å². The zero-order chi connectivity index (χ0) is 13.0. The number of rotatable bonds is 4. The summed E-state index contributed by atoms with van der Waals surface area (Å²) >= 11 is 1.38. The van der Waals surface area contributed by atoms with Crippen molar-refractivity contribution < 1.29 is 4.79 Å². The summed E-state index contributed by atoms with van der Waals surface area (Å²) in [6.45, 7) is 2.64. The third kappa shape index (κ3) is 2.84. The molecule has 0 radical (unpaired) electrons. The summed E-state index contributed by atoms with van der Waals surface area (Å²) in [5, 5.41) is 5.20. The van der Waals surface area contributed by atoms with Gasteiger partial charge in [0.1, 0.15) is 10.7 Å². The Labute approximate surface area is 108 Å². The van der Waals surface area contributed by atoms with E-state index in [2.05, 4.69) is 15.3 Å². The number of carbonyl (C=O) groups excluding carboxylic acids is 1. The molecule has 0 aliphatic heterocycles. The highest BCUT2D eigenvalue weighted by Gasteiger charge is 2.10. The van der Waals surface area contributed by atoms with Gasteiger partial charge in [-0.25, -0.2) is 4.98 Å². The van der Waals surface area contributed by atoms with Gasteiger partial charge in [-0.2, -0.15) is 0 Å². The molecule has 0 bridgehead atoms. The lowest BCUT2D eigenvalue weighted by atomic mass is 10.3. The molecule has 2 heterocycles. The molecule has 0 fully saturated rings. The number of amides is 1. The molecule has 0 atom stereocenters. The second kappa shape index (κ2) is 5.59. The van der Waals surface area contributed by atoms with Crippen LogP contribution in [0.2, 0.25) is 0 Å². The van der Waals surface area contributed by atoms with E-state index in [0.717, 1.165) is 12.0 Å². The van der Waals surface area contributed by atoms with E-state index in [-0.39, 0.29) is 11.5 Å². The molecule has 2 rings (SSSR count). The number of aromatic nitrogens is 2. The standard InChI is InChI=1S/C12H13N3O2S/c1-2-5-13-11(17)9-7-18-12(15-9)8-3-4-10(16)14-6-8/h3-4,6-7H,2,5H2,1H3,(H,13,17)(H,14,16). The molecule has 0 spiro atoms. The largest absolute Gasteiger partial charge is 0.351 e. The number of carbonyl (C=O) groups is 1. The van der Waals surface area contributed by atoms with E-state index in [1.165, 1.54) is 17.4 Å². The van der Waals surface area contributed by atoms with Crippen molar-refractivity contribution in [3.63, 3.8) is 0 Å². The highest BCUT2D eigenvalue weighted by atomic mass is 32.1. The zero-order valence-electron chi connectivity index (χ0n) is 9.90. The van der Waals surface area contributed by atoms with Crippen LogP contribution in [0, 0.1) is 0 Å². The second-order valence-corrected chi connectivity index (χ2v) is 4.59. The molecule has 0 saturated carbocycles. The number of nitrogens with one attached hydrogen (secondary N) is 2. The quantitative estimate of drug-likeness (QED) is 0.880. The van der Waals surface area contributed by atoms with E-state index < -0.39 is 0 Å². The lowest BCUT2D eigenvalue weighted by Gasteiger charge is -1.99. The van der Waals surface area contributed by atoms with E-state index in [4.69, 9.17) is 0 Å². The van der Waals surface area contributed by atoms with Gasteiger partial charge in [0.05, 0.1) is 0 Å². The smallest absolute Gasteiger partial charge is 0.270 e. The summed E-state index contributed by atoms with van der Waals surface area (Å²) in [5.74, 6) is -0.163. The molecule has 0 aliphatic carbocycles. The van der Waals surface area contributed by atoms with Gasteiger partial charge in [-0.3, -0.25) is 9.59 Å². The Hall–Kier alpha value is -1.95. The van der Waals surface area contributed by atoms with Crippen molar-refractivity contribution in [3.05, 3.63) is 39.8 Å². The van der Waals surface area contributed by atoms with Crippen LogP contribution in [0.3, 0.4) is 0 Å². The molecule has 2 aromatic heterocycles. The van der Waals surface area contributed by atoms with Crippen molar-refractivity contribution >= 4 is 17.2 Å². The molecule has 5 nitrogen and oxygen atoms in total. The molecular formula is C12H13N3O2S. The number of pyridine rings is 1. The first kappa shape index (κ1) is 12.5. The molecule has 0 aliphatic rings. The summed E-state index contributed by atoms with van der Waals surface area (Å²) in [6, 6.07) is 3.12. The van der Waals surface area contributed by atoms with E-state index in [1.807, 2.05) is 6.92 Å². The van der Waals surface area contributed by atoms with Crippen LogP contribution in [-0.4, -0.2) is 22.4 Å². The van der Waals surface area contributed by atoms with E-state index >= 15 is 0 Å². The average molecular weight is 263 g/mol. The fourth-order valence-electron chi connectivity index (χ4n) is 1.38. The Balaban J connectivity index is 2.17. The van der Waals surface area contributed by atoms with Gasteiger partial charge in [-0.15, -0.1) is 11.3 Å². The molecule has 6 heteroatoms. The number of hydrogen-bond donors (Lipinski definition) is 2. The van der Waals surface area contributed by atoms with E-state index in [0.29, 0.717) is 17.2 Å². The van der Waals surface area contributed by atoms with Gasteiger partial charge in [0.25, 0.3) is 5.91 Å². The normalized spacial score (nSPS) is 10.3. The SMILES string of the molecule is CCCNC(=O)c1csc(-c2ccc(=O)[nH]c2)n1. The summed E-state index contributed by atoms with van der Waals surface area (Å²) in [5.41, 5.74) is 1.06. The van der Waals surface area contributed by atoms with Gasteiger partial charge in [-0.1, -0.05) is 6.92 Å². The third-order valence-electron chi connectivity index (χ3n) is 2.30. The minimum absolute atomic E-state index is 0.156. The number of nitrogens with zero attached hydrogens (tertiary/aromatic N) is 1. The zero-order valence-corrected chi connectivity index (χ0v) is 10.7. The highest BCUT2D eigenvalue weighted by Crippen LogP contribution is 2.21. The van der Waals surface area contributed by atoms with Gasteiger partial charge >= 0.3 is 0 Å². The van der Waals surface area contributed by atoms with Crippen LogP contribution in [0.5, 0.6) is 0 Å². The molecule has 0 saturated heterocycles. The second-order valence-electron chi connectivity index (χ2n) is 3.74. The minimum atomic E-state index is -0.163. The van der Waals surface area contributed by atoms with Crippen molar-refractivity contribution in [2.45, 2.75) is 13.3 Å². The average Bonchev–Trinajstić information content (AvgIpc) is 2.86. The van der Waals surface area contributed by atoms with Crippen LogP contribution >= 0.6 is 11.3 Å². The Bertz CT molecular complexity index is 583. The van der Waals surface area contributed by atoms with Crippen LogP contribution < -0.4 is 10.9 Å². The fraction of sp³-hybridized carbons (Fsp3) is 0.250. The first-order valence-electron chi connectivity index (χ1n) is 5.63. The van der Waals surface area contributed by atoms with Crippen molar-refractivity contribution in [1.82, 2.24) is 15.3 Å². The maximum absolute atomic E-state index is 11.7. The van der Waals surface area contributed by atoms with Crippen molar-refractivity contribution in [2.75, 3.05) is 6.54 Å². The van der Waals surface area contributed by atoms with Gasteiger partial charge in [0, 0.05) is 29.8 Å². The topological polar surface area (TPSA) is 74.8 Å². The van der Waals surface area contributed by atoms with Gasteiger partial charge in [-0.05, 0) is 12.5 Å². The Kier molecular flexibility index (Phi) is 3.88. The van der Waals surface area contributed by atoms with Gasteiger partial charge in [0.2, 0.25) is 5.56 Å². The predicted molar refractivity (Wildman–Crippen MR) is 70.8 cm³/mol. The van der Waals surface area contributed by atoms with Crippen LogP contribution in [-0.2, 0) is 0 Å². The van der Waals surface area contributed by atoms with Gasteiger partial charge in [0.15, 0.2) is 0 Å². The predicted octanol–water partition coefficient (Wildman–Crippen LogP) is 1.64. The molecular weight excluding hydrogens is 250 g/mol. The third-order valence-corrected chi connectivity index (χ3v) is 3.19. The Morgan fingerprint density at radius 3 is 3.00 bits per heavy atom. The number of thiazole rings is 1. The molecule has 0 aromatic carbocycles. The highest BCUT2D eigenvalue weighted by molar-refractivity contribution is 7.13. The molecule has 0 unspecified atom stereocenters. The lowest BCUT2D eigenvalue weighted by Crippen LogP contribution is -2.24. The summed E-state index contributed by atoms with van der Waals surface area (Å²) in [6.07, 6.45) is 2.48. The first-order chi connectivity index (χ1) is 8.70. The van der Waals surface area contributed by atoms with Crippen molar-refractivity contribution in [1.29, 1.82) is 0 Å². The van der Waals surface area contributed by atoms with Crippen molar-refractivity contribution in [3.8, 4) is 10.6 Å². The van der Waals surface area contributed by atoms with Crippen LogP contribution in [0.25, 0.3) is 10.6 Å². The fourth-order valence-corrected chi connectivity index (χ4v) is 2.18. The molecule has 2 N–H and O–H groups in total. The lowest BCUT2D eigenvalue weighted by molar-refractivity contribution is 0.0949. The maximum Gasteiger partial charge on any atom is 0.270 e. The first-order valence-corrected chi connectivity index (χ1v) is 6.51. The Morgan fingerprint density at radius 1 is 1.50 bits per heavy atom. The van der Waals surface area contributed by atoms with Gasteiger partial charge < -0.3 is 10.3 Å². The minimum Gasteiger partial charge on any atom is -0.351 e. The van der Waals surface area contributed by atoms with E-state index in [9.17, 15) is 9.59 Å². The number of hydrogen-bond acceptors (Lipinski definition) is 4. The molecule has 2 aromatic rings. The number of H-pyrrole nitrogens is 1. The van der Waals surface area contributed by atoms with E-state index in [1.54, 1.807) is 17.6 Å². The summed E-state index contributed by atoms with van der Waals surface area (Å²) < 4.78 is 0. The van der Waals surface area contributed by atoms with Crippen LogP contribution in [0.1, 0.15) is 23.8 Å². The van der Waals surface area contributed by atoms with Crippen molar-refractivity contribution in [2.24, 2.45) is 0 Å². The summed E-state index contributed by atoms with van der Waals surface area (Å²) in [7, 11) is 0. The monoisotopic (exact) mass is 263 g/mol.